The monoisotopic (exact) mass is 458 g/mol. The first-order valence-electron chi connectivity index (χ1n) is 11.4. The van der Waals surface area contributed by atoms with Crippen LogP contribution < -0.4 is 10.1 Å². The number of rotatable bonds is 8. The second-order valence-corrected chi connectivity index (χ2v) is 9.43. The number of pyridine rings is 1. The Bertz CT molecular complexity index is 959. The van der Waals surface area contributed by atoms with Crippen molar-refractivity contribution in [2.24, 2.45) is 5.92 Å². The molecule has 1 aromatic heterocycles. The smallest absolute Gasteiger partial charge is 0.253 e. The van der Waals surface area contributed by atoms with Crippen molar-refractivity contribution in [2.75, 3.05) is 6.61 Å². The average Bonchev–Trinajstić information content (AvgIpc) is 3.53. The van der Waals surface area contributed by atoms with Crippen LogP contribution in [0.25, 0.3) is 0 Å². The minimum atomic E-state index is -0.797. The van der Waals surface area contributed by atoms with Crippen molar-refractivity contribution in [3.63, 3.8) is 0 Å². The van der Waals surface area contributed by atoms with Crippen LogP contribution in [-0.4, -0.2) is 40.5 Å². The molecule has 1 aliphatic carbocycles. The number of nitrogens with zero attached hydrogens (tertiary/aromatic N) is 1. The van der Waals surface area contributed by atoms with E-state index in [4.69, 9.17) is 21.1 Å². The lowest BCUT2D eigenvalue weighted by atomic mass is 9.75. The van der Waals surface area contributed by atoms with Crippen LogP contribution >= 0.6 is 11.6 Å². The second-order valence-electron chi connectivity index (χ2n) is 8.99. The van der Waals surface area contributed by atoms with Crippen molar-refractivity contribution >= 4 is 17.5 Å². The molecule has 32 heavy (non-hydrogen) atoms. The number of carbonyl (C=O) groups excluding carboxylic acids is 1. The fourth-order valence-electron chi connectivity index (χ4n) is 4.52. The molecule has 2 aliphatic rings. The van der Waals surface area contributed by atoms with Crippen LogP contribution in [0.1, 0.15) is 61.1 Å². The Morgan fingerprint density at radius 3 is 2.75 bits per heavy atom. The van der Waals surface area contributed by atoms with Crippen LogP contribution in [0, 0.1) is 5.92 Å². The summed E-state index contributed by atoms with van der Waals surface area (Å²) >= 11 is 6.06. The summed E-state index contributed by atoms with van der Waals surface area (Å²) in [6, 6.07) is 9.47. The molecule has 0 bridgehead atoms. The molecule has 6 nitrogen and oxygen atoms in total. The number of amides is 1. The number of aliphatic hydroxyl groups is 1. The highest BCUT2D eigenvalue weighted by molar-refractivity contribution is 6.30. The van der Waals surface area contributed by atoms with Crippen LogP contribution in [0.4, 0.5) is 0 Å². The summed E-state index contributed by atoms with van der Waals surface area (Å²) < 4.78 is 11.4. The first-order valence-corrected chi connectivity index (χ1v) is 11.8. The maximum Gasteiger partial charge on any atom is 0.253 e. The third-order valence-corrected chi connectivity index (χ3v) is 6.84. The van der Waals surface area contributed by atoms with Gasteiger partial charge in [0.2, 0.25) is 0 Å². The molecule has 2 fully saturated rings. The van der Waals surface area contributed by atoms with Gasteiger partial charge >= 0.3 is 0 Å². The molecule has 1 aliphatic heterocycles. The molecule has 1 amide bonds. The summed E-state index contributed by atoms with van der Waals surface area (Å²) in [6.07, 6.45) is 5.47. The zero-order valence-corrected chi connectivity index (χ0v) is 19.4. The van der Waals surface area contributed by atoms with Gasteiger partial charge in [-0.15, -0.1) is 0 Å². The molecule has 2 N–H and O–H groups in total. The molecule has 0 radical (unpaired) electrons. The molecule has 2 unspecified atom stereocenters. The first kappa shape index (κ1) is 23.0. The van der Waals surface area contributed by atoms with Gasteiger partial charge in [-0.2, -0.15) is 0 Å². The zero-order valence-electron chi connectivity index (χ0n) is 18.6. The van der Waals surface area contributed by atoms with E-state index < -0.39 is 11.8 Å². The number of hydrogen-bond donors (Lipinski definition) is 2. The Morgan fingerprint density at radius 2 is 2.09 bits per heavy atom. The number of aliphatic hydroxyl groups excluding tert-OH is 1. The summed E-state index contributed by atoms with van der Waals surface area (Å²) in [5, 5.41) is 13.8. The third kappa shape index (κ3) is 5.25. The lowest BCUT2D eigenvalue weighted by molar-refractivity contribution is 0.0805. The van der Waals surface area contributed by atoms with Gasteiger partial charge in [-0.05, 0) is 61.8 Å². The predicted octanol–water partition coefficient (Wildman–Crippen LogP) is 4.31. The summed E-state index contributed by atoms with van der Waals surface area (Å²) in [6.45, 7) is 4.69. The number of aryl methyl sites for hydroxylation is 1. The Hall–Kier alpha value is -2.15. The Balaban J connectivity index is 1.45. The molecule has 1 saturated heterocycles. The van der Waals surface area contributed by atoms with Gasteiger partial charge in [0.05, 0.1) is 23.4 Å². The van der Waals surface area contributed by atoms with Crippen LogP contribution in [-0.2, 0) is 17.6 Å². The number of ether oxygens (including phenoxy) is 2. The number of hydrogen-bond acceptors (Lipinski definition) is 5. The van der Waals surface area contributed by atoms with Gasteiger partial charge in [0.25, 0.3) is 5.91 Å². The van der Waals surface area contributed by atoms with Crippen molar-refractivity contribution in [1.29, 1.82) is 0 Å². The van der Waals surface area contributed by atoms with Gasteiger partial charge in [0.1, 0.15) is 11.9 Å². The summed E-state index contributed by atoms with van der Waals surface area (Å²) in [5.74, 6) is 1.02. The number of nitrogens with one attached hydrogen (secondary N) is 1. The quantitative estimate of drug-likeness (QED) is 0.576. The molecular formula is C25H31ClN2O4. The summed E-state index contributed by atoms with van der Waals surface area (Å²) in [7, 11) is 0. The molecule has 2 aromatic rings. The standard InChI is InChI=1S/C25H31ClN2O4/c1-3-20-21(31-12-9-17-5-4-6-19(26)13-17)14-18(15-27-20)23(29)28-25(22-24(30)32-22)10-7-16(2)8-11-25/h4-6,13-16,22,24,30H,3,7-12H2,1-2H3,(H,28,29). The van der Waals surface area contributed by atoms with E-state index in [-0.39, 0.29) is 12.0 Å². The van der Waals surface area contributed by atoms with E-state index in [1.54, 1.807) is 12.3 Å². The van der Waals surface area contributed by atoms with E-state index in [9.17, 15) is 9.90 Å². The largest absolute Gasteiger partial charge is 0.491 e. The molecule has 2 atom stereocenters. The summed E-state index contributed by atoms with van der Waals surface area (Å²) in [4.78, 5) is 17.6. The fraction of sp³-hybridized carbons (Fsp3) is 0.520. The maximum absolute atomic E-state index is 13.2. The number of benzene rings is 1. The van der Waals surface area contributed by atoms with E-state index in [2.05, 4.69) is 17.2 Å². The van der Waals surface area contributed by atoms with E-state index >= 15 is 0 Å². The molecule has 1 saturated carbocycles. The fourth-order valence-corrected chi connectivity index (χ4v) is 4.74. The van der Waals surface area contributed by atoms with Crippen molar-refractivity contribution < 1.29 is 19.4 Å². The van der Waals surface area contributed by atoms with E-state index in [1.165, 1.54) is 0 Å². The van der Waals surface area contributed by atoms with Crippen LogP contribution in [0.2, 0.25) is 5.02 Å². The topological polar surface area (TPSA) is 84.0 Å². The normalized spacial score (nSPS) is 27.1. The lowest BCUT2D eigenvalue weighted by Gasteiger charge is -2.39. The maximum atomic E-state index is 13.2. The second kappa shape index (κ2) is 9.77. The molecular weight excluding hydrogens is 428 g/mol. The van der Waals surface area contributed by atoms with Gasteiger partial charge in [-0.3, -0.25) is 9.78 Å². The van der Waals surface area contributed by atoms with Crippen molar-refractivity contribution in [3.05, 3.63) is 58.4 Å². The number of aromatic nitrogens is 1. The molecule has 0 spiro atoms. The lowest BCUT2D eigenvalue weighted by Crippen LogP contribution is -2.55. The molecule has 172 valence electrons. The highest BCUT2D eigenvalue weighted by Gasteiger charge is 2.55. The first-order chi connectivity index (χ1) is 15.4. The van der Waals surface area contributed by atoms with Crippen molar-refractivity contribution in [2.45, 2.75) is 70.3 Å². The van der Waals surface area contributed by atoms with E-state index in [1.807, 2.05) is 31.2 Å². The van der Waals surface area contributed by atoms with Gasteiger partial charge in [0, 0.05) is 17.6 Å². The van der Waals surface area contributed by atoms with Gasteiger partial charge in [-0.1, -0.05) is 37.6 Å². The van der Waals surface area contributed by atoms with Gasteiger partial charge in [-0.25, -0.2) is 0 Å². The van der Waals surface area contributed by atoms with Gasteiger partial charge < -0.3 is 19.9 Å². The Kier molecular flexibility index (Phi) is 7.03. The zero-order chi connectivity index (χ0) is 22.7. The SMILES string of the molecule is CCc1ncc(C(=O)NC2(C3OC3O)CCC(C)CC2)cc1OCCc1cccc(Cl)c1. The third-order valence-electron chi connectivity index (χ3n) is 6.61. The minimum absolute atomic E-state index is 0.211. The van der Waals surface area contributed by atoms with Crippen LogP contribution in [0.15, 0.2) is 36.5 Å². The van der Waals surface area contributed by atoms with Crippen LogP contribution in [0.5, 0.6) is 5.75 Å². The van der Waals surface area contributed by atoms with Gasteiger partial charge in [0.15, 0.2) is 6.29 Å². The number of carbonyl (C=O) groups is 1. The molecule has 1 aromatic carbocycles. The Morgan fingerprint density at radius 1 is 1.34 bits per heavy atom. The highest BCUT2D eigenvalue weighted by Crippen LogP contribution is 2.42. The predicted molar refractivity (Wildman–Crippen MR) is 123 cm³/mol. The van der Waals surface area contributed by atoms with Crippen molar-refractivity contribution in [1.82, 2.24) is 10.3 Å². The van der Waals surface area contributed by atoms with E-state index in [0.717, 1.165) is 36.9 Å². The molecule has 4 rings (SSSR count). The highest BCUT2D eigenvalue weighted by atomic mass is 35.5. The molecule has 7 heteroatoms. The average molecular weight is 459 g/mol. The molecule has 2 heterocycles. The van der Waals surface area contributed by atoms with Crippen LogP contribution in [0.3, 0.4) is 0 Å². The minimum Gasteiger partial charge on any atom is -0.491 e. The van der Waals surface area contributed by atoms with E-state index in [0.29, 0.717) is 41.7 Å². The number of halogens is 1. The summed E-state index contributed by atoms with van der Waals surface area (Å²) in [5.41, 5.74) is 1.83. The van der Waals surface area contributed by atoms with Crippen molar-refractivity contribution in [3.8, 4) is 5.75 Å². The number of epoxide rings is 1. The Labute approximate surface area is 194 Å².